The molecule has 0 fully saturated rings. The maximum atomic E-state index is 12.5. The summed E-state index contributed by atoms with van der Waals surface area (Å²) in [5.41, 5.74) is -0.778. The standard InChI is InChI=1S/C16H14ClNO3S3/c17-13-4-1-2-5-14(13)24(20,21)18-11-16(19,12-7-9-22-10-12)15-6-3-8-23-15/h1-10,18-19H,11H2. The molecule has 4 nitrogen and oxygen atoms in total. The van der Waals surface area contributed by atoms with Gasteiger partial charge in [0.2, 0.25) is 10.0 Å². The first kappa shape index (κ1) is 17.6. The van der Waals surface area contributed by atoms with Gasteiger partial charge in [0.1, 0.15) is 10.5 Å². The minimum absolute atomic E-state index is 0.00878. The van der Waals surface area contributed by atoms with Gasteiger partial charge < -0.3 is 5.11 Å². The number of rotatable bonds is 6. The van der Waals surface area contributed by atoms with Crippen LogP contribution in [-0.2, 0) is 15.6 Å². The first-order valence-corrected chi connectivity index (χ1v) is 10.6. The fraction of sp³-hybridized carbons (Fsp3) is 0.125. The zero-order chi connectivity index (χ0) is 17.2. The molecule has 3 rings (SSSR count). The van der Waals surface area contributed by atoms with Crippen LogP contribution in [0.1, 0.15) is 10.4 Å². The second kappa shape index (κ2) is 6.95. The van der Waals surface area contributed by atoms with Crippen LogP contribution in [0.25, 0.3) is 0 Å². The molecule has 24 heavy (non-hydrogen) atoms. The van der Waals surface area contributed by atoms with Crippen molar-refractivity contribution in [1.82, 2.24) is 4.72 Å². The molecule has 2 heterocycles. The monoisotopic (exact) mass is 399 g/mol. The van der Waals surface area contributed by atoms with Gasteiger partial charge in [0.05, 0.1) is 5.02 Å². The molecule has 126 valence electrons. The highest BCUT2D eigenvalue weighted by Crippen LogP contribution is 2.34. The lowest BCUT2D eigenvalue weighted by Crippen LogP contribution is -2.41. The second-order valence-corrected chi connectivity index (χ2v) is 8.97. The lowest BCUT2D eigenvalue weighted by atomic mass is 9.95. The Kier molecular flexibility index (Phi) is 5.10. The summed E-state index contributed by atoms with van der Waals surface area (Å²) in [6, 6.07) is 11.6. The number of nitrogens with one attached hydrogen (secondary N) is 1. The molecule has 2 aromatic heterocycles. The summed E-state index contributed by atoms with van der Waals surface area (Å²) < 4.78 is 27.6. The highest BCUT2D eigenvalue weighted by Gasteiger charge is 2.35. The fourth-order valence-electron chi connectivity index (χ4n) is 2.29. The molecule has 0 spiro atoms. The van der Waals surface area contributed by atoms with E-state index in [-0.39, 0.29) is 16.5 Å². The fourth-order valence-corrected chi connectivity index (χ4v) is 5.43. The van der Waals surface area contributed by atoms with Crippen molar-refractivity contribution >= 4 is 44.3 Å². The van der Waals surface area contributed by atoms with Gasteiger partial charge in [0.25, 0.3) is 0 Å². The predicted molar refractivity (Wildman–Crippen MR) is 98.3 cm³/mol. The molecule has 0 aliphatic rings. The molecule has 1 atom stereocenters. The molecule has 1 unspecified atom stereocenters. The summed E-state index contributed by atoms with van der Waals surface area (Å²) in [6.45, 7) is -0.183. The Labute approximate surface area is 153 Å². The van der Waals surface area contributed by atoms with Crippen LogP contribution in [0.4, 0.5) is 0 Å². The second-order valence-electron chi connectivity index (χ2n) is 5.10. The van der Waals surface area contributed by atoms with Crippen molar-refractivity contribution in [2.24, 2.45) is 0 Å². The van der Waals surface area contributed by atoms with E-state index in [2.05, 4.69) is 4.72 Å². The minimum atomic E-state index is -3.84. The van der Waals surface area contributed by atoms with Crippen LogP contribution < -0.4 is 4.72 Å². The highest BCUT2D eigenvalue weighted by molar-refractivity contribution is 7.89. The first-order valence-electron chi connectivity index (χ1n) is 6.97. The van der Waals surface area contributed by atoms with E-state index in [1.54, 1.807) is 24.3 Å². The number of hydrogen-bond donors (Lipinski definition) is 2. The van der Waals surface area contributed by atoms with Crippen LogP contribution in [0, 0.1) is 0 Å². The molecular formula is C16H14ClNO3S3. The Morgan fingerprint density at radius 1 is 1.12 bits per heavy atom. The van der Waals surface area contributed by atoms with Crippen molar-refractivity contribution in [3.63, 3.8) is 0 Å². The number of thiophene rings is 2. The summed E-state index contributed by atoms with van der Waals surface area (Å²) in [5.74, 6) is 0. The summed E-state index contributed by atoms with van der Waals surface area (Å²) in [7, 11) is -3.84. The van der Waals surface area contributed by atoms with Crippen LogP contribution in [0.2, 0.25) is 5.02 Å². The van der Waals surface area contributed by atoms with E-state index >= 15 is 0 Å². The van der Waals surface area contributed by atoms with Crippen LogP contribution in [0.3, 0.4) is 0 Å². The third kappa shape index (κ3) is 3.42. The lowest BCUT2D eigenvalue weighted by molar-refractivity contribution is 0.0903. The topological polar surface area (TPSA) is 66.4 Å². The average Bonchev–Trinajstić information content (AvgIpc) is 3.26. The van der Waals surface area contributed by atoms with Crippen LogP contribution in [0.5, 0.6) is 0 Å². The SMILES string of the molecule is O=S(=O)(NCC(O)(c1ccsc1)c1cccs1)c1ccccc1Cl. The Morgan fingerprint density at radius 2 is 1.92 bits per heavy atom. The van der Waals surface area contributed by atoms with Gasteiger partial charge in [-0.05, 0) is 40.4 Å². The Bertz CT molecular complexity index is 872. The lowest BCUT2D eigenvalue weighted by Gasteiger charge is -2.27. The quantitative estimate of drug-likeness (QED) is 0.664. The molecule has 0 aliphatic carbocycles. The third-order valence-corrected chi connectivity index (χ3v) is 7.18. The molecule has 0 saturated carbocycles. The van der Waals surface area contributed by atoms with E-state index in [0.717, 1.165) is 0 Å². The van der Waals surface area contributed by atoms with E-state index in [0.29, 0.717) is 10.4 Å². The van der Waals surface area contributed by atoms with E-state index in [4.69, 9.17) is 11.6 Å². The van der Waals surface area contributed by atoms with Gasteiger partial charge >= 0.3 is 0 Å². The van der Waals surface area contributed by atoms with E-state index in [1.807, 2.05) is 22.2 Å². The van der Waals surface area contributed by atoms with E-state index in [9.17, 15) is 13.5 Å². The number of halogens is 1. The van der Waals surface area contributed by atoms with Gasteiger partial charge in [-0.25, -0.2) is 13.1 Å². The Morgan fingerprint density at radius 3 is 2.54 bits per heavy atom. The normalized spacial score (nSPS) is 14.4. The molecule has 3 aromatic rings. The van der Waals surface area contributed by atoms with Gasteiger partial charge in [0.15, 0.2) is 0 Å². The first-order chi connectivity index (χ1) is 11.4. The van der Waals surface area contributed by atoms with Crippen molar-refractivity contribution < 1.29 is 13.5 Å². The smallest absolute Gasteiger partial charge is 0.242 e. The van der Waals surface area contributed by atoms with Crippen molar-refractivity contribution in [2.45, 2.75) is 10.5 Å². The molecule has 2 N–H and O–H groups in total. The van der Waals surface area contributed by atoms with E-state index < -0.39 is 15.6 Å². The van der Waals surface area contributed by atoms with Crippen molar-refractivity contribution in [3.8, 4) is 0 Å². The van der Waals surface area contributed by atoms with Gasteiger partial charge in [-0.15, -0.1) is 11.3 Å². The molecule has 0 amide bonds. The largest absolute Gasteiger partial charge is 0.378 e. The molecule has 1 aromatic carbocycles. The average molecular weight is 400 g/mol. The maximum absolute atomic E-state index is 12.5. The van der Waals surface area contributed by atoms with Gasteiger partial charge in [-0.2, -0.15) is 11.3 Å². The van der Waals surface area contributed by atoms with Gasteiger partial charge in [-0.1, -0.05) is 29.8 Å². The van der Waals surface area contributed by atoms with Crippen molar-refractivity contribution in [3.05, 3.63) is 74.1 Å². The zero-order valence-corrected chi connectivity index (χ0v) is 15.6. The molecule has 0 aliphatic heterocycles. The summed E-state index contributed by atoms with van der Waals surface area (Å²) in [5, 5.41) is 16.8. The van der Waals surface area contributed by atoms with Crippen LogP contribution in [0.15, 0.2) is 63.5 Å². The highest BCUT2D eigenvalue weighted by atomic mass is 35.5. The van der Waals surface area contributed by atoms with Crippen molar-refractivity contribution in [1.29, 1.82) is 0 Å². The number of aliphatic hydroxyl groups is 1. The summed E-state index contributed by atoms with van der Waals surface area (Å²) in [6.07, 6.45) is 0. The Hall–Kier alpha value is -1.22. The molecule has 0 radical (unpaired) electrons. The molecule has 0 saturated heterocycles. The Balaban J connectivity index is 1.92. The molecular weight excluding hydrogens is 386 g/mol. The van der Waals surface area contributed by atoms with Crippen LogP contribution in [-0.4, -0.2) is 20.1 Å². The third-order valence-electron chi connectivity index (χ3n) is 3.57. The number of sulfonamides is 1. The zero-order valence-electron chi connectivity index (χ0n) is 12.3. The predicted octanol–water partition coefficient (Wildman–Crippen LogP) is 3.68. The molecule has 0 bridgehead atoms. The van der Waals surface area contributed by atoms with Crippen LogP contribution >= 0.6 is 34.3 Å². The summed E-state index contributed by atoms with van der Waals surface area (Å²) in [4.78, 5) is 0.660. The maximum Gasteiger partial charge on any atom is 0.242 e. The van der Waals surface area contributed by atoms with E-state index in [1.165, 1.54) is 34.8 Å². The van der Waals surface area contributed by atoms with Crippen molar-refractivity contribution in [2.75, 3.05) is 6.54 Å². The van der Waals surface area contributed by atoms with Gasteiger partial charge in [-0.3, -0.25) is 0 Å². The molecule has 8 heteroatoms. The number of hydrogen-bond acceptors (Lipinski definition) is 5. The van der Waals surface area contributed by atoms with Gasteiger partial charge in [0, 0.05) is 17.0 Å². The minimum Gasteiger partial charge on any atom is -0.378 e. The summed E-state index contributed by atoms with van der Waals surface area (Å²) >= 11 is 8.79. The number of benzene rings is 1.